The first-order valence-electron chi connectivity index (χ1n) is 8.24. The maximum Gasteiger partial charge on any atom is 0.161 e. The first-order valence-corrected chi connectivity index (χ1v) is 8.62. The predicted molar refractivity (Wildman–Crippen MR) is 106 cm³/mol. The number of anilines is 1. The van der Waals surface area contributed by atoms with Crippen LogP contribution in [0, 0.1) is 5.82 Å². The topological polar surface area (TPSA) is 42.8 Å². The Labute approximate surface area is 162 Å². The zero-order valence-electron chi connectivity index (χ0n) is 14.7. The van der Waals surface area contributed by atoms with Gasteiger partial charge in [0.05, 0.1) is 24.0 Å². The Bertz CT molecular complexity index is 933. The van der Waals surface area contributed by atoms with Gasteiger partial charge in [0.25, 0.3) is 0 Å². The summed E-state index contributed by atoms with van der Waals surface area (Å²) in [6, 6.07) is 19.3. The molecule has 0 spiro atoms. The van der Waals surface area contributed by atoms with Crippen LogP contribution in [0.1, 0.15) is 11.1 Å². The average molecular weight is 385 g/mol. The van der Waals surface area contributed by atoms with Crippen LogP contribution in [0.2, 0.25) is 5.02 Å². The highest BCUT2D eigenvalue weighted by Gasteiger charge is 2.08. The minimum Gasteiger partial charge on any atom is -0.493 e. The predicted octanol–water partition coefficient (Wildman–Crippen LogP) is 5.51. The molecular formula is C21H18ClFN2O2. The fourth-order valence-electron chi connectivity index (χ4n) is 2.37. The number of nitrogens with zero attached hydrogens (tertiary/aromatic N) is 1. The van der Waals surface area contributed by atoms with Gasteiger partial charge in [0.1, 0.15) is 12.4 Å². The zero-order valence-corrected chi connectivity index (χ0v) is 15.4. The lowest BCUT2D eigenvalue weighted by molar-refractivity contribution is 0.284. The van der Waals surface area contributed by atoms with E-state index in [1.54, 1.807) is 25.5 Å². The van der Waals surface area contributed by atoms with E-state index >= 15 is 0 Å². The van der Waals surface area contributed by atoms with Crippen LogP contribution >= 0.6 is 11.6 Å². The van der Waals surface area contributed by atoms with Gasteiger partial charge in [0.2, 0.25) is 0 Å². The largest absolute Gasteiger partial charge is 0.493 e. The summed E-state index contributed by atoms with van der Waals surface area (Å²) in [4.78, 5) is 0. The first-order chi connectivity index (χ1) is 13.2. The molecule has 0 aliphatic heterocycles. The second-order valence-electron chi connectivity index (χ2n) is 5.67. The van der Waals surface area contributed by atoms with Crippen molar-refractivity contribution in [2.45, 2.75) is 6.61 Å². The van der Waals surface area contributed by atoms with Gasteiger partial charge in [-0.1, -0.05) is 35.9 Å². The number of nitrogens with one attached hydrogen (secondary N) is 1. The molecule has 0 amide bonds. The monoisotopic (exact) mass is 384 g/mol. The third-order valence-corrected chi connectivity index (χ3v) is 4.12. The molecule has 0 bridgehead atoms. The van der Waals surface area contributed by atoms with Crippen molar-refractivity contribution in [2.75, 3.05) is 12.5 Å². The van der Waals surface area contributed by atoms with Crippen molar-refractivity contribution >= 4 is 23.5 Å². The zero-order chi connectivity index (χ0) is 19.1. The van der Waals surface area contributed by atoms with Crippen LogP contribution in [0.25, 0.3) is 0 Å². The van der Waals surface area contributed by atoms with E-state index in [1.165, 1.54) is 12.1 Å². The van der Waals surface area contributed by atoms with E-state index in [0.717, 1.165) is 11.3 Å². The molecule has 0 unspecified atom stereocenters. The van der Waals surface area contributed by atoms with E-state index in [-0.39, 0.29) is 12.4 Å². The standard InChI is InChI=1S/C21H18ClFN2O2/c1-26-21-11-15(13-24-25-18-5-3-2-4-6-18)7-10-20(21)27-14-16-8-9-17(23)12-19(16)22/h2-13,25H,14H2,1H3. The van der Waals surface area contributed by atoms with Crippen LogP contribution in [0.4, 0.5) is 10.1 Å². The maximum absolute atomic E-state index is 13.1. The Morgan fingerprint density at radius 1 is 1.04 bits per heavy atom. The molecule has 0 atom stereocenters. The normalized spacial score (nSPS) is 10.8. The number of hydrazone groups is 1. The summed E-state index contributed by atoms with van der Waals surface area (Å²) in [5.41, 5.74) is 5.40. The Hall–Kier alpha value is -3.05. The molecule has 27 heavy (non-hydrogen) atoms. The fraction of sp³-hybridized carbons (Fsp3) is 0.0952. The number of hydrogen-bond acceptors (Lipinski definition) is 4. The third-order valence-electron chi connectivity index (χ3n) is 3.77. The molecular weight excluding hydrogens is 367 g/mol. The summed E-state index contributed by atoms with van der Waals surface area (Å²) in [6.45, 7) is 0.207. The van der Waals surface area contributed by atoms with Crippen molar-refractivity contribution in [2.24, 2.45) is 5.10 Å². The van der Waals surface area contributed by atoms with Gasteiger partial charge in [-0.3, -0.25) is 5.43 Å². The van der Waals surface area contributed by atoms with E-state index in [1.807, 2.05) is 42.5 Å². The summed E-state index contributed by atoms with van der Waals surface area (Å²) in [6.07, 6.45) is 1.69. The number of methoxy groups -OCH3 is 1. The molecule has 0 aliphatic carbocycles. The number of hydrogen-bond donors (Lipinski definition) is 1. The maximum atomic E-state index is 13.1. The highest BCUT2D eigenvalue weighted by molar-refractivity contribution is 6.31. The van der Waals surface area contributed by atoms with Gasteiger partial charge in [-0.05, 0) is 48.0 Å². The summed E-state index contributed by atoms with van der Waals surface area (Å²) in [5.74, 6) is 0.747. The van der Waals surface area contributed by atoms with Crippen LogP contribution in [0.5, 0.6) is 11.5 Å². The lowest BCUT2D eigenvalue weighted by Crippen LogP contribution is -1.99. The SMILES string of the molecule is COc1cc(C=NNc2ccccc2)ccc1OCc1ccc(F)cc1Cl. The number of ether oxygens (including phenoxy) is 2. The van der Waals surface area contributed by atoms with Crippen LogP contribution in [0.3, 0.4) is 0 Å². The summed E-state index contributed by atoms with van der Waals surface area (Å²) in [7, 11) is 1.57. The summed E-state index contributed by atoms with van der Waals surface area (Å²) >= 11 is 6.03. The number of benzene rings is 3. The molecule has 3 aromatic carbocycles. The van der Waals surface area contributed by atoms with Crippen LogP contribution in [-0.2, 0) is 6.61 Å². The molecule has 0 radical (unpaired) electrons. The van der Waals surface area contributed by atoms with E-state index in [2.05, 4.69) is 10.5 Å². The first kappa shape index (κ1) is 18.7. The lowest BCUT2D eigenvalue weighted by atomic mass is 10.2. The minimum atomic E-state index is -0.380. The smallest absolute Gasteiger partial charge is 0.161 e. The third kappa shape index (κ3) is 5.21. The van der Waals surface area contributed by atoms with Gasteiger partial charge in [0, 0.05) is 5.56 Å². The highest BCUT2D eigenvalue weighted by Crippen LogP contribution is 2.29. The van der Waals surface area contributed by atoms with Crippen molar-refractivity contribution in [1.82, 2.24) is 0 Å². The van der Waals surface area contributed by atoms with Gasteiger partial charge < -0.3 is 9.47 Å². The second-order valence-corrected chi connectivity index (χ2v) is 6.08. The summed E-state index contributed by atoms with van der Waals surface area (Å²) < 4.78 is 24.3. The van der Waals surface area contributed by atoms with E-state index in [4.69, 9.17) is 21.1 Å². The molecule has 3 aromatic rings. The number of para-hydroxylation sites is 1. The van der Waals surface area contributed by atoms with Crippen molar-refractivity contribution in [3.05, 3.63) is 88.7 Å². The number of rotatable bonds is 7. The molecule has 138 valence electrons. The van der Waals surface area contributed by atoms with E-state index in [0.29, 0.717) is 22.1 Å². The molecule has 0 saturated heterocycles. The molecule has 1 N–H and O–H groups in total. The molecule has 0 saturated carbocycles. The second kappa shape index (κ2) is 9.05. The van der Waals surface area contributed by atoms with Gasteiger partial charge >= 0.3 is 0 Å². The van der Waals surface area contributed by atoms with Gasteiger partial charge in [0.15, 0.2) is 11.5 Å². The Morgan fingerprint density at radius 3 is 2.59 bits per heavy atom. The molecule has 6 heteroatoms. The Kier molecular flexibility index (Phi) is 6.28. The van der Waals surface area contributed by atoms with Gasteiger partial charge in [-0.25, -0.2) is 4.39 Å². The van der Waals surface area contributed by atoms with Crippen LogP contribution in [0.15, 0.2) is 71.8 Å². The Morgan fingerprint density at radius 2 is 1.85 bits per heavy atom. The van der Waals surface area contributed by atoms with Gasteiger partial charge in [-0.15, -0.1) is 0 Å². The van der Waals surface area contributed by atoms with E-state index in [9.17, 15) is 4.39 Å². The van der Waals surface area contributed by atoms with Crippen LogP contribution in [-0.4, -0.2) is 13.3 Å². The van der Waals surface area contributed by atoms with Crippen molar-refractivity contribution < 1.29 is 13.9 Å². The molecule has 0 aromatic heterocycles. The molecule has 0 aliphatic rings. The lowest BCUT2D eigenvalue weighted by Gasteiger charge is -2.12. The van der Waals surface area contributed by atoms with Crippen molar-refractivity contribution in [3.8, 4) is 11.5 Å². The van der Waals surface area contributed by atoms with Gasteiger partial charge in [-0.2, -0.15) is 5.10 Å². The molecule has 3 rings (SSSR count). The van der Waals surface area contributed by atoms with Crippen LogP contribution < -0.4 is 14.9 Å². The summed E-state index contributed by atoms with van der Waals surface area (Å²) in [5, 5.41) is 4.53. The Balaban J connectivity index is 1.66. The molecule has 0 heterocycles. The average Bonchev–Trinajstić information content (AvgIpc) is 2.68. The quantitative estimate of drug-likeness (QED) is 0.431. The van der Waals surface area contributed by atoms with E-state index < -0.39 is 0 Å². The molecule has 0 fully saturated rings. The minimum absolute atomic E-state index is 0.207. The highest BCUT2D eigenvalue weighted by atomic mass is 35.5. The number of halogens is 2. The van der Waals surface area contributed by atoms with Crippen molar-refractivity contribution in [1.29, 1.82) is 0 Å². The molecule has 4 nitrogen and oxygen atoms in total. The fourth-order valence-corrected chi connectivity index (χ4v) is 2.59. The van der Waals surface area contributed by atoms with Crippen molar-refractivity contribution in [3.63, 3.8) is 0 Å².